The van der Waals surface area contributed by atoms with E-state index in [9.17, 15) is 13.2 Å². The fourth-order valence-electron chi connectivity index (χ4n) is 3.53. The van der Waals surface area contributed by atoms with Gasteiger partial charge in [-0.1, -0.05) is 60.7 Å². The molecule has 5 nitrogen and oxygen atoms in total. The van der Waals surface area contributed by atoms with Gasteiger partial charge in [-0.25, -0.2) is 12.7 Å². The third kappa shape index (κ3) is 5.40. The van der Waals surface area contributed by atoms with Crippen LogP contribution in [0.5, 0.6) is 0 Å². The molecule has 6 heteroatoms. The highest BCUT2D eigenvalue weighted by Gasteiger charge is 2.30. The first kappa shape index (κ1) is 19.6. The molecule has 1 heterocycles. The maximum atomic E-state index is 12.8. The number of benzene rings is 2. The minimum absolute atomic E-state index is 0.00735. The molecule has 2 aromatic rings. The Balaban J connectivity index is 1.68. The summed E-state index contributed by atoms with van der Waals surface area (Å²) < 4.78 is 24.8. The van der Waals surface area contributed by atoms with E-state index in [0.29, 0.717) is 25.9 Å². The molecule has 1 atom stereocenters. The van der Waals surface area contributed by atoms with E-state index >= 15 is 0 Å². The van der Waals surface area contributed by atoms with Crippen molar-refractivity contribution in [3.05, 3.63) is 71.8 Å². The van der Waals surface area contributed by atoms with E-state index in [0.717, 1.165) is 12.0 Å². The molecule has 0 saturated carbocycles. The van der Waals surface area contributed by atoms with Crippen LogP contribution in [0.3, 0.4) is 0 Å². The van der Waals surface area contributed by atoms with Gasteiger partial charge in [0.05, 0.1) is 12.3 Å². The number of nitrogens with zero attached hydrogens (tertiary/aromatic N) is 1. The number of rotatable bonds is 6. The predicted molar refractivity (Wildman–Crippen MR) is 107 cm³/mol. The van der Waals surface area contributed by atoms with E-state index in [2.05, 4.69) is 17.4 Å². The Kier molecular flexibility index (Phi) is 6.29. The summed E-state index contributed by atoms with van der Waals surface area (Å²) >= 11 is 0. The van der Waals surface area contributed by atoms with E-state index in [1.165, 1.54) is 16.1 Å². The van der Waals surface area contributed by atoms with Gasteiger partial charge in [0.15, 0.2) is 0 Å². The van der Waals surface area contributed by atoms with Gasteiger partial charge in [0.1, 0.15) is 0 Å². The molecular weight excluding hydrogens is 360 g/mol. The molecule has 1 aliphatic heterocycles. The number of piperidine rings is 1. The van der Waals surface area contributed by atoms with Crippen molar-refractivity contribution in [3.63, 3.8) is 0 Å². The second kappa shape index (κ2) is 8.67. The van der Waals surface area contributed by atoms with Crippen LogP contribution in [0.15, 0.2) is 60.7 Å². The highest BCUT2D eigenvalue weighted by Crippen LogP contribution is 2.23. The van der Waals surface area contributed by atoms with Crippen LogP contribution in [-0.2, 0) is 21.2 Å². The van der Waals surface area contributed by atoms with Crippen LogP contribution in [0.1, 0.15) is 30.0 Å². The predicted octanol–water partition coefficient (Wildman–Crippen LogP) is 2.76. The van der Waals surface area contributed by atoms with Crippen LogP contribution in [0.2, 0.25) is 0 Å². The van der Waals surface area contributed by atoms with Gasteiger partial charge in [-0.2, -0.15) is 0 Å². The van der Waals surface area contributed by atoms with Crippen LogP contribution < -0.4 is 5.32 Å². The monoisotopic (exact) mass is 386 g/mol. The molecule has 1 fully saturated rings. The summed E-state index contributed by atoms with van der Waals surface area (Å²) in [4.78, 5) is 12.8. The van der Waals surface area contributed by atoms with Crippen molar-refractivity contribution < 1.29 is 13.2 Å². The zero-order valence-corrected chi connectivity index (χ0v) is 16.4. The van der Waals surface area contributed by atoms with Gasteiger partial charge in [0, 0.05) is 19.0 Å². The molecule has 144 valence electrons. The molecule has 0 radical (unpaired) electrons. The van der Waals surface area contributed by atoms with Crippen LogP contribution in [0.4, 0.5) is 0 Å². The smallest absolute Gasteiger partial charge is 0.223 e. The molecule has 2 aromatic carbocycles. The lowest BCUT2D eigenvalue weighted by Crippen LogP contribution is -2.43. The standard InChI is InChI=1S/C21H26N2O3S/c1-27(25,26)23-14-12-19(13-15-23)21(24)22-20(18-10-6-3-7-11-18)16-17-8-4-2-5-9-17/h2-11,19-20H,12-16H2,1H3,(H,22,24). The Hall–Kier alpha value is -2.18. The molecule has 3 rings (SSSR count). The Morgan fingerprint density at radius 1 is 1.04 bits per heavy atom. The van der Waals surface area contributed by atoms with Gasteiger partial charge in [-0.05, 0) is 30.4 Å². The number of nitrogens with one attached hydrogen (secondary N) is 1. The lowest BCUT2D eigenvalue weighted by molar-refractivity contribution is -0.126. The summed E-state index contributed by atoms with van der Waals surface area (Å²) in [6, 6.07) is 20.0. The zero-order chi connectivity index (χ0) is 19.3. The number of hydrogen-bond acceptors (Lipinski definition) is 3. The molecule has 0 spiro atoms. The van der Waals surface area contributed by atoms with Gasteiger partial charge in [0.2, 0.25) is 15.9 Å². The average Bonchev–Trinajstić information content (AvgIpc) is 2.68. The average molecular weight is 387 g/mol. The first-order valence-corrected chi connectivity index (χ1v) is 11.1. The molecule has 1 unspecified atom stereocenters. The van der Waals surface area contributed by atoms with Crippen molar-refractivity contribution in [1.82, 2.24) is 9.62 Å². The molecule has 1 aliphatic rings. The van der Waals surface area contributed by atoms with E-state index < -0.39 is 10.0 Å². The van der Waals surface area contributed by atoms with Gasteiger partial charge >= 0.3 is 0 Å². The first-order valence-electron chi connectivity index (χ1n) is 9.28. The fourth-order valence-corrected chi connectivity index (χ4v) is 4.40. The summed E-state index contributed by atoms with van der Waals surface area (Å²) in [5, 5.41) is 3.20. The van der Waals surface area contributed by atoms with Gasteiger partial charge < -0.3 is 5.32 Å². The topological polar surface area (TPSA) is 66.5 Å². The SMILES string of the molecule is CS(=O)(=O)N1CCC(C(=O)NC(Cc2ccccc2)c2ccccc2)CC1. The summed E-state index contributed by atoms with van der Waals surface area (Å²) in [5.41, 5.74) is 2.24. The Morgan fingerprint density at radius 2 is 1.59 bits per heavy atom. The highest BCUT2D eigenvalue weighted by atomic mass is 32.2. The third-order valence-corrected chi connectivity index (χ3v) is 6.40. The third-order valence-electron chi connectivity index (χ3n) is 5.09. The Labute approximate surface area is 161 Å². The number of hydrogen-bond donors (Lipinski definition) is 1. The maximum Gasteiger partial charge on any atom is 0.223 e. The van der Waals surface area contributed by atoms with E-state index in [1.54, 1.807) is 0 Å². The zero-order valence-electron chi connectivity index (χ0n) is 15.5. The maximum absolute atomic E-state index is 12.8. The minimum atomic E-state index is -3.18. The number of carbonyl (C=O) groups excluding carboxylic acids is 1. The highest BCUT2D eigenvalue weighted by molar-refractivity contribution is 7.88. The van der Waals surface area contributed by atoms with Crippen LogP contribution in [0.25, 0.3) is 0 Å². The molecule has 1 amide bonds. The van der Waals surface area contributed by atoms with Gasteiger partial charge in [-0.15, -0.1) is 0 Å². The number of carbonyl (C=O) groups is 1. The van der Waals surface area contributed by atoms with Crippen LogP contribution in [-0.4, -0.2) is 38.0 Å². The van der Waals surface area contributed by atoms with Gasteiger partial charge in [-0.3, -0.25) is 4.79 Å². The second-order valence-corrected chi connectivity index (χ2v) is 9.08. The molecule has 1 saturated heterocycles. The summed E-state index contributed by atoms with van der Waals surface area (Å²) in [5.74, 6) is -0.141. The normalized spacial score (nSPS) is 17.4. The molecule has 27 heavy (non-hydrogen) atoms. The van der Waals surface area contributed by atoms with Crippen LogP contribution >= 0.6 is 0 Å². The molecule has 0 bridgehead atoms. The quantitative estimate of drug-likeness (QED) is 0.830. The van der Waals surface area contributed by atoms with Crippen molar-refractivity contribution in [1.29, 1.82) is 0 Å². The number of sulfonamides is 1. The molecule has 0 aromatic heterocycles. The largest absolute Gasteiger partial charge is 0.349 e. The van der Waals surface area contributed by atoms with Crippen LogP contribution in [0, 0.1) is 5.92 Å². The van der Waals surface area contributed by atoms with Crippen molar-refractivity contribution in [2.24, 2.45) is 5.92 Å². The number of amides is 1. The Bertz CT molecular complexity index is 846. The summed E-state index contributed by atoms with van der Waals surface area (Å²) in [7, 11) is -3.18. The Morgan fingerprint density at radius 3 is 2.15 bits per heavy atom. The van der Waals surface area contributed by atoms with E-state index in [4.69, 9.17) is 0 Å². The molecular formula is C21H26N2O3S. The molecule has 1 N–H and O–H groups in total. The second-order valence-electron chi connectivity index (χ2n) is 7.10. The van der Waals surface area contributed by atoms with Crippen molar-refractivity contribution in [3.8, 4) is 0 Å². The van der Waals surface area contributed by atoms with Crippen molar-refractivity contribution in [2.45, 2.75) is 25.3 Å². The van der Waals surface area contributed by atoms with Crippen molar-refractivity contribution >= 4 is 15.9 Å². The summed E-state index contributed by atoms with van der Waals surface area (Å²) in [6.07, 6.45) is 3.06. The van der Waals surface area contributed by atoms with E-state index in [-0.39, 0.29) is 17.9 Å². The minimum Gasteiger partial charge on any atom is -0.349 e. The molecule has 0 aliphatic carbocycles. The first-order chi connectivity index (χ1) is 12.9. The van der Waals surface area contributed by atoms with Crippen molar-refractivity contribution in [2.75, 3.05) is 19.3 Å². The lowest BCUT2D eigenvalue weighted by atomic mass is 9.94. The summed E-state index contributed by atoms with van der Waals surface area (Å²) in [6.45, 7) is 0.817. The lowest BCUT2D eigenvalue weighted by Gasteiger charge is -2.30. The fraction of sp³-hybridized carbons (Fsp3) is 0.381. The van der Waals surface area contributed by atoms with E-state index in [1.807, 2.05) is 48.5 Å². The van der Waals surface area contributed by atoms with Gasteiger partial charge in [0.25, 0.3) is 0 Å².